The Morgan fingerprint density at radius 3 is 2.69 bits per heavy atom. The molecule has 2 aliphatic heterocycles. The molecule has 138 valence electrons. The molecule has 7 heteroatoms. The van der Waals surface area contributed by atoms with E-state index in [2.05, 4.69) is 11.0 Å². The summed E-state index contributed by atoms with van der Waals surface area (Å²) in [5.41, 5.74) is 1.21. The summed E-state index contributed by atoms with van der Waals surface area (Å²) in [6.07, 6.45) is 3.57. The second-order valence-corrected chi connectivity index (χ2v) is 7.12. The number of carbonyl (C=O) groups is 1. The first-order valence-electron chi connectivity index (χ1n) is 8.39. The summed E-state index contributed by atoms with van der Waals surface area (Å²) in [5.74, 6) is 1.73. The topological polar surface area (TPSA) is 42.0 Å². The van der Waals surface area contributed by atoms with E-state index < -0.39 is 0 Å². The molecular weight excluding hydrogens is 372 g/mol. The molecule has 1 amide bonds. The Bertz CT molecular complexity index is 771. The average molecular weight is 393 g/mol. The van der Waals surface area contributed by atoms with Gasteiger partial charge < -0.3 is 14.4 Å². The van der Waals surface area contributed by atoms with Gasteiger partial charge in [0.2, 0.25) is 12.7 Å². The van der Waals surface area contributed by atoms with Crippen molar-refractivity contribution in [3.8, 4) is 11.5 Å². The molecule has 26 heavy (non-hydrogen) atoms. The predicted molar refractivity (Wildman–Crippen MR) is 105 cm³/mol. The number of rotatable bonds is 4. The molecule has 0 bridgehead atoms. The van der Waals surface area contributed by atoms with Crippen LogP contribution in [0.1, 0.15) is 10.4 Å². The van der Waals surface area contributed by atoms with Crippen LogP contribution in [0.5, 0.6) is 11.5 Å². The third kappa shape index (κ3) is 4.38. The number of fused-ring (bicyclic) bond motifs is 1. The SMILES string of the molecule is Cl.O=C(/C=C/c1cccs1)N1CCN(Cc2ccc3c(c2)OCO3)CC1. The van der Waals surface area contributed by atoms with Gasteiger partial charge in [-0.3, -0.25) is 9.69 Å². The fourth-order valence-electron chi connectivity index (χ4n) is 3.07. The summed E-state index contributed by atoms with van der Waals surface area (Å²) in [5, 5.41) is 2.01. The fraction of sp³-hybridized carbons (Fsp3) is 0.316. The number of halogens is 1. The molecule has 2 aliphatic rings. The summed E-state index contributed by atoms with van der Waals surface area (Å²) in [7, 11) is 0. The van der Waals surface area contributed by atoms with Crippen molar-refractivity contribution in [1.82, 2.24) is 9.80 Å². The Morgan fingerprint density at radius 1 is 1.12 bits per heavy atom. The van der Waals surface area contributed by atoms with Crippen molar-refractivity contribution in [3.63, 3.8) is 0 Å². The van der Waals surface area contributed by atoms with Crippen LogP contribution in [0.25, 0.3) is 6.08 Å². The number of benzene rings is 1. The maximum atomic E-state index is 12.3. The van der Waals surface area contributed by atoms with Crippen molar-refractivity contribution in [3.05, 3.63) is 52.2 Å². The van der Waals surface area contributed by atoms with Crippen molar-refractivity contribution < 1.29 is 14.3 Å². The molecule has 0 N–H and O–H groups in total. The second kappa shape index (κ2) is 8.58. The minimum absolute atomic E-state index is 0. The lowest BCUT2D eigenvalue weighted by atomic mass is 10.1. The standard InChI is InChI=1S/C19H20N2O3S.ClH/c22-19(6-4-16-2-1-11-25-16)21-9-7-20(8-10-21)13-15-3-5-17-18(12-15)24-14-23-17;/h1-6,11-12H,7-10,13-14H2;1H/b6-4+;. The molecule has 2 aromatic rings. The summed E-state index contributed by atoms with van der Waals surface area (Å²) in [6.45, 7) is 4.46. The minimum atomic E-state index is 0. The van der Waals surface area contributed by atoms with E-state index in [1.165, 1.54) is 5.56 Å². The highest BCUT2D eigenvalue weighted by Crippen LogP contribution is 2.32. The first kappa shape index (κ1) is 18.8. The lowest BCUT2D eigenvalue weighted by molar-refractivity contribution is -0.127. The second-order valence-electron chi connectivity index (χ2n) is 6.14. The van der Waals surface area contributed by atoms with E-state index >= 15 is 0 Å². The lowest BCUT2D eigenvalue weighted by Crippen LogP contribution is -2.47. The summed E-state index contributed by atoms with van der Waals surface area (Å²) < 4.78 is 10.8. The van der Waals surface area contributed by atoms with E-state index in [0.717, 1.165) is 49.1 Å². The van der Waals surface area contributed by atoms with Crippen LogP contribution in [0.15, 0.2) is 41.8 Å². The predicted octanol–water partition coefficient (Wildman–Crippen LogP) is 3.26. The van der Waals surface area contributed by atoms with Gasteiger partial charge in [0.1, 0.15) is 0 Å². The highest BCUT2D eigenvalue weighted by molar-refractivity contribution is 7.10. The quantitative estimate of drug-likeness (QED) is 0.749. The van der Waals surface area contributed by atoms with E-state index in [0.29, 0.717) is 6.79 Å². The molecule has 1 aromatic carbocycles. The van der Waals surface area contributed by atoms with Gasteiger partial charge in [-0.05, 0) is 35.2 Å². The van der Waals surface area contributed by atoms with E-state index in [4.69, 9.17) is 9.47 Å². The van der Waals surface area contributed by atoms with Crippen LogP contribution in [0, 0.1) is 0 Å². The minimum Gasteiger partial charge on any atom is -0.454 e. The van der Waals surface area contributed by atoms with Gasteiger partial charge in [0, 0.05) is 43.7 Å². The van der Waals surface area contributed by atoms with Crippen LogP contribution >= 0.6 is 23.7 Å². The third-order valence-electron chi connectivity index (χ3n) is 4.46. The van der Waals surface area contributed by atoms with Crippen molar-refractivity contribution in [2.45, 2.75) is 6.54 Å². The zero-order valence-electron chi connectivity index (χ0n) is 14.3. The summed E-state index contributed by atoms with van der Waals surface area (Å²) in [6, 6.07) is 10.1. The average Bonchev–Trinajstić information content (AvgIpc) is 3.31. The van der Waals surface area contributed by atoms with Crippen LogP contribution in [0.4, 0.5) is 0 Å². The number of amides is 1. The molecule has 1 aromatic heterocycles. The van der Waals surface area contributed by atoms with Crippen LogP contribution < -0.4 is 9.47 Å². The van der Waals surface area contributed by atoms with E-state index in [-0.39, 0.29) is 18.3 Å². The van der Waals surface area contributed by atoms with Gasteiger partial charge in [-0.1, -0.05) is 12.1 Å². The molecule has 0 saturated carbocycles. The molecule has 0 spiro atoms. The third-order valence-corrected chi connectivity index (χ3v) is 5.30. The van der Waals surface area contributed by atoms with Crippen molar-refractivity contribution in [2.75, 3.05) is 33.0 Å². The number of nitrogens with zero attached hydrogens (tertiary/aromatic N) is 2. The molecule has 4 rings (SSSR count). The number of hydrogen-bond acceptors (Lipinski definition) is 5. The summed E-state index contributed by atoms with van der Waals surface area (Å²) >= 11 is 1.64. The Labute approximate surface area is 163 Å². The number of piperazine rings is 1. The highest BCUT2D eigenvalue weighted by atomic mass is 35.5. The number of hydrogen-bond donors (Lipinski definition) is 0. The molecule has 1 fully saturated rings. The maximum Gasteiger partial charge on any atom is 0.246 e. The zero-order valence-corrected chi connectivity index (χ0v) is 15.9. The van der Waals surface area contributed by atoms with Gasteiger partial charge in [-0.25, -0.2) is 0 Å². The molecule has 0 unspecified atom stereocenters. The van der Waals surface area contributed by atoms with Crippen LogP contribution in [-0.2, 0) is 11.3 Å². The van der Waals surface area contributed by atoms with Crippen molar-refractivity contribution in [1.29, 1.82) is 0 Å². The van der Waals surface area contributed by atoms with E-state index in [1.807, 2.05) is 40.6 Å². The Hall–Kier alpha value is -2.02. The lowest BCUT2D eigenvalue weighted by Gasteiger charge is -2.34. The molecule has 0 aliphatic carbocycles. The summed E-state index contributed by atoms with van der Waals surface area (Å²) in [4.78, 5) is 17.7. The van der Waals surface area contributed by atoms with Crippen molar-refractivity contribution >= 4 is 35.7 Å². The van der Waals surface area contributed by atoms with Gasteiger partial charge in [-0.2, -0.15) is 0 Å². The molecule has 0 atom stereocenters. The Morgan fingerprint density at radius 2 is 1.92 bits per heavy atom. The zero-order chi connectivity index (χ0) is 17.1. The highest BCUT2D eigenvalue weighted by Gasteiger charge is 2.20. The number of thiophene rings is 1. The van der Waals surface area contributed by atoms with Crippen LogP contribution in [0.2, 0.25) is 0 Å². The maximum absolute atomic E-state index is 12.3. The van der Waals surface area contributed by atoms with Crippen molar-refractivity contribution in [2.24, 2.45) is 0 Å². The van der Waals surface area contributed by atoms with Gasteiger partial charge in [0.05, 0.1) is 0 Å². The van der Waals surface area contributed by atoms with Gasteiger partial charge in [0.15, 0.2) is 11.5 Å². The molecule has 1 saturated heterocycles. The smallest absolute Gasteiger partial charge is 0.246 e. The largest absolute Gasteiger partial charge is 0.454 e. The van der Waals surface area contributed by atoms with E-state index in [1.54, 1.807) is 17.4 Å². The monoisotopic (exact) mass is 392 g/mol. The fourth-order valence-corrected chi connectivity index (χ4v) is 3.69. The van der Waals surface area contributed by atoms with Gasteiger partial charge in [0.25, 0.3) is 0 Å². The molecule has 5 nitrogen and oxygen atoms in total. The Kier molecular flexibility index (Phi) is 6.19. The van der Waals surface area contributed by atoms with Crippen LogP contribution in [0.3, 0.4) is 0 Å². The van der Waals surface area contributed by atoms with E-state index in [9.17, 15) is 4.79 Å². The molecular formula is C19H21ClN2O3S. The number of ether oxygens (including phenoxy) is 2. The van der Waals surface area contributed by atoms with Gasteiger partial charge in [-0.15, -0.1) is 23.7 Å². The normalized spacial score (nSPS) is 16.7. The molecule has 3 heterocycles. The van der Waals surface area contributed by atoms with Gasteiger partial charge >= 0.3 is 0 Å². The molecule has 0 radical (unpaired) electrons. The first-order chi connectivity index (χ1) is 12.3. The Balaban J connectivity index is 0.00000196. The number of carbonyl (C=O) groups excluding carboxylic acids is 1. The van der Waals surface area contributed by atoms with Crippen LogP contribution in [-0.4, -0.2) is 48.7 Å². The first-order valence-corrected chi connectivity index (χ1v) is 9.27.